The highest BCUT2D eigenvalue weighted by molar-refractivity contribution is 5.97. The van der Waals surface area contributed by atoms with Gasteiger partial charge in [-0.1, -0.05) is 30.3 Å². The molecule has 0 fully saturated rings. The van der Waals surface area contributed by atoms with Gasteiger partial charge in [-0.15, -0.1) is 0 Å². The Balaban J connectivity index is 2.10. The van der Waals surface area contributed by atoms with E-state index in [0.717, 1.165) is 5.56 Å². The van der Waals surface area contributed by atoms with Crippen LogP contribution in [0.1, 0.15) is 15.9 Å². The number of hydrogen-bond donors (Lipinski definition) is 3. The molecule has 6 heteroatoms. The summed E-state index contributed by atoms with van der Waals surface area (Å²) in [6.45, 7) is 0. The fraction of sp³-hybridized carbons (Fsp3) is 0.133. The van der Waals surface area contributed by atoms with E-state index < -0.39 is 17.9 Å². The van der Waals surface area contributed by atoms with Crippen molar-refractivity contribution in [1.29, 1.82) is 0 Å². The topological polar surface area (TPSA) is 91.3 Å². The molecule has 2 rings (SSSR count). The third kappa shape index (κ3) is 4.12. The molecule has 6 nitrogen and oxygen atoms in total. The number of aromatic nitrogens is 1. The minimum absolute atomic E-state index is 0.277. The Bertz CT molecular complexity index is 602. The summed E-state index contributed by atoms with van der Waals surface area (Å²) >= 11 is 0. The van der Waals surface area contributed by atoms with Gasteiger partial charge in [-0.2, -0.15) is 0 Å². The van der Waals surface area contributed by atoms with Gasteiger partial charge in [0.15, 0.2) is 0 Å². The van der Waals surface area contributed by atoms with Crippen LogP contribution in [0.3, 0.4) is 0 Å². The number of benzene rings is 1. The summed E-state index contributed by atoms with van der Waals surface area (Å²) < 4.78 is 0. The lowest BCUT2D eigenvalue weighted by Gasteiger charge is -2.16. The zero-order valence-corrected chi connectivity index (χ0v) is 11.2. The van der Waals surface area contributed by atoms with Gasteiger partial charge >= 0.3 is 0 Å². The highest BCUT2D eigenvalue weighted by atomic mass is 16.5. The van der Waals surface area contributed by atoms with Gasteiger partial charge in [0.25, 0.3) is 11.8 Å². The second kappa shape index (κ2) is 7.16. The van der Waals surface area contributed by atoms with E-state index in [1.165, 1.54) is 6.20 Å². The molecule has 0 spiro atoms. The van der Waals surface area contributed by atoms with Crippen molar-refractivity contribution in [1.82, 2.24) is 15.8 Å². The summed E-state index contributed by atoms with van der Waals surface area (Å²) in [6.07, 6.45) is 3.24. The zero-order valence-electron chi connectivity index (χ0n) is 11.2. The summed E-state index contributed by atoms with van der Waals surface area (Å²) in [4.78, 5) is 27.6. The average molecular weight is 285 g/mol. The number of carbonyl (C=O) groups is 2. The van der Waals surface area contributed by atoms with Crippen LogP contribution in [0.15, 0.2) is 54.9 Å². The standard InChI is InChI=1S/C15H15N3O3/c19-14(12-7-4-8-16-10-12)17-13(15(20)18-21)9-11-5-2-1-3-6-11/h1-8,10,13,21H,9H2,(H,17,19)(H,18,20)/t13-/m1/s1. The first-order valence-electron chi connectivity index (χ1n) is 6.39. The maximum absolute atomic E-state index is 12.1. The molecule has 0 aliphatic rings. The Kier molecular flexibility index (Phi) is 5.00. The molecule has 3 N–H and O–H groups in total. The monoisotopic (exact) mass is 285 g/mol. The molecule has 108 valence electrons. The van der Waals surface area contributed by atoms with Crippen LogP contribution in [0.25, 0.3) is 0 Å². The lowest BCUT2D eigenvalue weighted by atomic mass is 10.1. The molecule has 0 radical (unpaired) electrons. The molecule has 1 aromatic heterocycles. The quantitative estimate of drug-likeness (QED) is 0.563. The van der Waals surface area contributed by atoms with Gasteiger partial charge in [-0.25, -0.2) is 5.48 Å². The number of carbonyl (C=O) groups excluding carboxylic acids is 2. The van der Waals surface area contributed by atoms with Gasteiger partial charge in [0.1, 0.15) is 6.04 Å². The van der Waals surface area contributed by atoms with Gasteiger partial charge in [-0.3, -0.25) is 19.8 Å². The van der Waals surface area contributed by atoms with Crippen LogP contribution in [-0.4, -0.2) is 28.0 Å². The molecule has 0 bridgehead atoms. The third-order valence-electron chi connectivity index (χ3n) is 2.94. The van der Waals surface area contributed by atoms with E-state index in [-0.39, 0.29) is 6.42 Å². The highest BCUT2D eigenvalue weighted by Crippen LogP contribution is 2.05. The SMILES string of the molecule is O=C(N[C@H](Cc1ccccc1)C(=O)NO)c1cccnc1. The molecule has 2 amide bonds. The zero-order chi connectivity index (χ0) is 15.1. The Hall–Kier alpha value is -2.73. The van der Waals surface area contributed by atoms with Crippen LogP contribution in [0.2, 0.25) is 0 Å². The summed E-state index contributed by atoms with van der Waals surface area (Å²) in [5.74, 6) is -1.09. The summed E-state index contributed by atoms with van der Waals surface area (Å²) in [5, 5.41) is 11.4. The van der Waals surface area contributed by atoms with Crippen molar-refractivity contribution < 1.29 is 14.8 Å². The molecule has 0 aliphatic carbocycles. The fourth-order valence-corrected chi connectivity index (χ4v) is 1.88. The predicted octanol–water partition coefficient (Wildman–Crippen LogP) is 0.928. The Labute approximate surface area is 121 Å². The number of nitrogens with zero attached hydrogens (tertiary/aromatic N) is 1. The molecule has 0 unspecified atom stereocenters. The Morgan fingerprint density at radius 2 is 1.90 bits per heavy atom. The van der Waals surface area contributed by atoms with E-state index in [4.69, 9.17) is 5.21 Å². The third-order valence-corrected chi connectivity index (χ3v) is 2.94. The van der Waals surface area contributed by atoms with Crippen LogP contribution in [-0.2, 0) is 11.2 Å². The molecule has 1 heterocycles. The summed E-state index contributed by atoms with van der Waals surface area (Å²) in [7, 11) is 0. The molecule has 2 aromatic rings. The highest BCUT2D eigenvalue weighted by Gasteiger charge is 2.21. The minimum atomic E-state index is -0.870. The molecule has 1 aromatic carbocycles. The summed E-state index contributed by atoms with van der Waals surface area (Å²) in [5.41, 5.74) is 2.79. The fourth-order valence-electron chi connectivity index (χ4n) is 1.88. The molecular formula is C15H15N3O3. The van der Waals surface area contributed by atoms with Crippen LogP contribution in [0, 0.1) is 0 Å². The van der Waals surface area contributed by atoms with Crippen molar-refractivity contribution in [3.05, 3.63) is 66.0 Å². The second-order valence-corrected chi connectivity index (χ2v) is 4.43. The van der Waals surface area contributed by atoms with Crippen molar-refractivity contribution in [2.45, 2.75) is 12.5 Å². The number of hydrogen-bond acceptors (Lipinski definition) is 4. The first-order chi connectivity index (χ1) is 10.2. The first-order valence-corrected chi connectivity index (χ1v) is 6.39. The maximum Gasteiger partial charge on any atom is 0.266 e. The number of amides is 2. The Morgan fingerprint density at radius 3 is 2.52 bits per heavy atom. The average Bonchev–Trinajstić information content (AvgIpc) is 2.55. The van der Waals surface area contributed by atoms with Crippen LogP contribution >= 0.6 is 0 Å². The van der Waals surface area contributed by atoms with Crippen molar-refractivity contribution in [3.63, 3.8) is 0 Å². The van der Waals surface area contributed by atoms with E-state index in [1.807, 2.05) is 30.3 Å². The van der Waals surface area contributed by atoms with Crippen LogP contribution in [0.5, 0.6) is 0 Å². The number of hydroxylamine groups is 1. The van der Waals surface area contributed by atoms with Gasteiger partial charge in [-0.05, 0) is 17.7 Å². The van der Waals surface area contributed by atoms with Crippen molar-refractivity contribution in [2.24, 2.45) is 0 Å². The van der Waals surface area contributed by atoms with E-state index in [1.54, 1.807) is 23.8 Å². The van der Waals surface area contributed by atoms with Gasteiger partial charge in [0.2, 0.25) is 0 Å². The molecule has 0 aliphatic heterocycles. The smallest absolute Gasteiger partial charge is 0.266 e. The van der Waals surface area contributed by atoms with Crippen molar-refractivity contribution in [2.75, 3.05) is 0 Å². The van der Waals surface area contributed by atoms with Crippen molar-refractivity contribution in [3.8, 4) is 0 Å². The first kappa shape index (κ1) is 14.7. The lowest BCUT2D eigenvalue weighted by Crippen LogP contribution is -2.47. The van der Waals surface area contributed by atoms with E-state index in [0.29, 0.717) is 5.56 Å². The number of rotatable bonds is 5. The molecule has 21 heavy (non-hydrogen) atoms. The Morgan fingerprint density at radius 1 is 1.14 bits per heavy atom. The van der Waals surface area contributed by atoms with E-state index in [9.17, 15) is 9.59 Å². The van der Waals surface area contributed by atoms with Crippen molar-refractivity contribution >= 4 is 11.8 Å². The number of nitrogens with one attached hydrogen (secondary N) is 2. The van der Waals surface area contributed by atoms with E-state index >= 15 is 0 Å². The van der Waals surface area contributed by atoms with E-state index in [2.05, 4.69) is 10.3 Å². The van der Waals surface area contributed by atoms with Gasteiger partial charge in [0.05, 0.1) is 5.56 Å². The van der Waals surface area contributed by atoms with Crippen LogP contribution < -0.4 is 10.8 Å². The largest absolute Gasteiger partial charge is 0.340 e. The maximum atomic E-state index is 12.1. The molecular weight excluding hydrogens is 270 g/mol. The minimum Gasteiger partial charge on any atom is -0.340 e. The van der Waals surface area contributed by atoms with Crippen LogP contribution in [0.4, 0.5) is 0 Å². The second-order valence-electron chi connectivity index (χ2n) is 4.43. The summed E-state index contributed by atoms with van der Waals surface area (Å²) in [6, 6.07) is 11.6. The van der Waals surface area contributed by atoms with Gasteiger partial charge < -0.3 is 5.32 Å². The molecule has 0 saturated carbocycles. The normalized spacial score (nSPS) is 11.5. The predicted molar refractivity (Wildman–Crippen MR) is 75.6 cm³/mol. The number of pyridine rings is 1. The van der Waals surface area contributed by atoms with Gasteiger partial charge in [0, 0.05) is 18.8 Å². The lowest BCUT2D eigenvalue weighted by molar-refractivity contribution is -0.131. The molecule has 0 saturated heterocycles. The molecule has 1 atom stereocenters.